The van der Waals surface area contributed by atoms with Gasteiger partial charge >= 0.3 is 12.0 Å². The Morgan fingerprint density at radius 3 is 2.54 bits per heavy atom. The van der Waals surface area contributed by atoms with Gasteiger partial charge in [-0.15, -0.1) is 0 Å². The zero-order valence-electron chi connectivity index (χ0n) is 23.1. The number of aliphatic imine (C=N–C) groups is 1. The molecular weight excluding hydrogens is 532 g/mol. The van der Waals surface area contributed by atoms with Crippen LogP contribution < -0.4 is 5.32 Å². The highest BCUT2D eigenvalue weighted by Gasteiger charge is 2.45. The number of hydrogen-bond donors (Lipinski definition) is 1. The Labute approximate surface area is 237 Å². The molecule has 0 radical (unpaired) electrons. The van der Waals surface area contributed by atoms with E-state index >= 15 is 0 Å². The Kier molecular flexibility index (Phi) is 9.45. The van der Waals surface area contributed by atoms with Gasteiger partial charge in [-0.25, -0.2) is 23.6 Å². The summed E-state index contributed by atoms with van der Waals surface area (Å²) < 4.78 is 32.8. The predicted octanol–water partition coefficient (Wildman–Crippen LogP) is 4.45. The van der Waals surface area contributed by atoms with E-state index in [0.717, 1.165) is 53.4 Å². The Morgan fingerprint density at radius 2 is 1.93 bits per heavy atom. The summed E-state index contributed by atoms with van der Waals surface area (Å²) in [6.07, 6.45) is 4.01. The van der Waals surface area contributed by atoms with Crippen LogP contribution >= 0.6 is 0 Å². The molecule has 2 atom stereocenters. The molecule has 4 rings (SSSR count). The lowest BCUT2D eigenvalue weighted by Crippen LogP contribution is -2.54. The van der Waals surface area contributed by atoms with Gasteiger partial charge in [-0.2, -0.15) is 5.26 Å². The third-order valence-electron chi connectivity index (χ3n) is 8.01. The van der Waals surface area contributed by atoms with E-state index in [2.05, 4.69) is 16.4 Å². The van der Waals surface area contributed by atoms with E-state index in [9.17, 15) is 28.4 Å². The van der Waals surface area contributed by atoms with Crippen molar-refractivity contribution in [1.29, 1.82) is 5.26 Å². The highest BCUT2D eigenvalue weighted by molar-refractivity contribution is 6.08. The van der Waals surface area contributed by atoms with Crippen LogP contribution in [0.4, 0.5) is 13.6 Å². The number of rotatable bonds is 10. The minimum atomic E-state index is -1.17. The van der Waals surface area contributed by atoms with E-state index in [1.807, 2.05) is 30.3 Å². The molecule has 1 aliphatic heterocycles. The molecular formula is C30H33F2N5O4. The number of amides is 3. The molecule has 2 aliphatic rings. The molecule has 0 aromatic heterocycles. The molecule has 3 amide bonds. The number of hydrazine groups is 1. The molecule has 0 spiro atoms. The van der Waals surface area contributed by atoms with E-state index in [1.165, 1.54) is 20.1 Å². The number of methoxy groups -OCH3 is 1. The van der Waals surface area contributed by atoms with Gasteiger partial charge in [0, 0.05) is 18.3 Å². The third kappa shape index (κ3) is 6.28. The summed E-state index contributed by atoms with van der Waals surface area (Å²) in [5.41, 5.74) is 0.800. The lowest BCUT2D eigenvalue weighted by atomic mass is 9.69. The standard InChI is InChI=1S/C30H33F2N5O4/c1-20-26(28(39)41-2)27(21-9-10-24(31)25(32)17-21)37(29(40)35-20)36(19-38)16-6-15-34-23-11-13-30(18-33,14-12-23)22-7-4-3-5-8-22/h3-5,7-10,17,19,23,26-27,34H,6,11-16H2,1-2H3. The van der Waals surface area contributed by atoms with Crippen LogP contribution in [-0.4, -0.2) is 60.4 Å². The number of benzene rings is 2. The SMILES string of the molecule is COC(=O)C1C(C)=NC(=O)N(N(C=O)CCCNC2CCC(C#N)(c3ccccc3)CC2)C1c1ccc(F)c(F)c1. The molecule has 1 N–H and O–H groups in total. The number of carbonyl (C=O) groups excluding carboxylic acids is 3. The molecule has 1 saturated carbocycles. The summed E-state index contributed by atoms with van der Waals surface area (Å²) in [6.45, 7) is 2.10. The maximum atomic E-state index is 14.2. The molecule has 41 heavy (non-hydrogen) atoms. The van der Waals surface area contributed by atoms with Gasteiger partial charge in [0.05, 0.1) is 24.6 Å². The fourth-order valence-electron chi connectivity index (χ4n) is 5.78. The van der Waals surface area contributed by atoms with Crippen LogP contribution in [0, 0.1) is 28.9 Å². The van der Waals surface area contributed by atoms with Gasteiger partial charge < -0.3 is 10.1 Å². The second-order valence-corrected chi connectivity index (χ2v) is 10.4. The zero-order chi connectivity index (χ0) is 29.6. The van der Waals surface area contributed by atoms with Crippen molar-refractivity contribution in [1.82, 2.24) is 15.3 Å². The van der Waals surface area contributed by atoms with Gasteiger partial charge in [-0.05, 0) is 68.8 Å². The molecule has 2 unspecified atom stereocenters. The zero-order valence-corrected chi connectivity index (χ0v) is 23.1. The quantitative estimate of drug-likeness (QED) is 0.259. The first-order chi connectivity index (χ1) is 19.7. The van der Waals surface area contributed by atoms with Gasteiger partial charge in [0.2, 0.25) is 6.41 Å². The minimum Gasteiger partial charge on any atom is -0.468 e. The fraction of sp³-hybridized carbons (Fsp3) is 0.433. The molecule has 0 bridgehead atoms. The van der Waals surface area contributed by atoms with Crippen molar-refractivity contribution in [3.63, 3.8) is 0 Å². The van der Waals surface area contributed by atoms with Crippen LogP contribution in [-0.2, 0) is 19.7 Å². The van der Waals surface area contributed by atoms with Crippen LogP contribution in [0.1, 0.15) is 56.2 Å². The molecule has 1 heterocycles. The number of nitriles is 1. The van der Waals surface area contributed by atoms with Crippen molar-refractivity contribution in [3.8, 4) is 6.07 Å². The molecule has 11 heteroatoms. The van der Waals surface area contributed by atoms with Crippen molar-refractivity contribution >= 4 is 24.1 Å². The van der Waals surface area contributed by atoms with Crippen LogP contribution in [0.3, 0.4) is 0 Å². The first kappa shape index (κ1) is 29.8. The van der Waals surface area contributed by atoms with E-state index in [0.29, 0.717) is 19.4 Å². The maximum absolute atomic E-state index is 14.2. The lowest BCUT2D eigenvalue weighted by molar-refractivity contribution is -0.150. The first-order valence-corrected chi connectivity index (χ1v) is 13.6. The molecule has 216 valence electrons. The fourth-order valence-corrected chi connectivity index (χ4v) is 5.78. The Morgan fingerprint density at radius 1 is 1.22 bits per heavy atom. The van der Waals surface area contributed by atoms with Crippen molar-refractivity contribution in [2.45, 2.75) is 56.5 Å². The summed E-state index contributed by atoms with van der Waals surface area (Å²) in [5, 5.41) is 15.5. The summed E-state index contributed by atoms with van der Waals surface area (Å²) in [7, 11) is 1.17. The predicted molar refractivity (Wildman–Crippen MR) is 146 cm³/mol. The summed E-state index contributed by atoms with van der Waals surface area (Å²) >= 11 is 0. The van der Waals surface area contributed by atoms with Gasteiger partial charge in [-0.3, -0.25) is 14.6 Å². The van der Waals surface area contributed by atoms with E-state index < -0.39 is 41.0 Å². The van der Waals surface area contributed by atoms with E-state index in [-0.39, 0.29) is 23.9 Å². The number of esters is 1. The molecule has 9 nitrogen and oxygen atoms in total. The van der Waals surface area contributed by atoms with Crippen molar-refractivity contribution < 1.29 is 27.9 Å². The average Bonchev–Trinajstić information content (AvgIpc) is 2.99. The normalized spacial score (nSPS) is 24.3. The third-order valence-corrected chi connectivity index (χ3v) is 8.01. The van der Waals surface area contributed by atoms with Crippen LogP contribution in [0.15, 0.2) is 53.5 Å². The summed E-state index contributed by atoms with van der Waals surface area (Å²) in [4.78, 5) is 41.9. The van der Waals surface area contributed by atoms with Crippen molar-refractivity contribution in [2.75, 3.05) is 20.2 Å². The van der Waals surface area contributed by atoms with E-state index in [4.69, 9.17) is 4.74 Å². The Balaban J connectivity index is 1.43. The largest absolute Gasteiger partial charge is 0.468 e. The summed E-state index contributed by atoms with van der Waals surface area (Å²) in [5.74, 6) is -4.09. The first-order valence-electron chi connectivity index (χ1n) is 13.6. The van der Waals surface area contributed by atoms with E-state index in [1.54, 1.807) is 0 Å². The number of ether oxygens (including phenoxy) is 1. The number of nitrogens with one attached hydrogen (secondary N) is 1. The highest BCUT2D eigenvalue weighted by Crippen LogP contribution is 2.39. The summed E-state index contributed by atoms with van der Waals surface area (Å²) in [6, 6.07) is 13.6. The second-order valence-electron chi connectivity index (χ2n) is 10.4. The van der Waals surface area contributed by atoms with Gasteiger partial charge in [-0.1, -0.05) is 36.4 Å². The van der Waals surface area contributed by atoms with Crippen LogP contribution in [0.25, 0.3) is 0 Å². The number of urea groups is 1. The van der Waals surface area contributed by atoms with Crippen molar-refractivity contribution in [2.24, 2.45) is 10.9 Å². The monoisotopic (exact) mass is 565 g/mol. The molecule has 1 aliphatic carbocycles. The number of carbonyl (C=O) groups is 3. The topological polar surface area (TPSA) is 115 Å². The van der Waals surface area contributed by atoms with Crippen LogP contribution in [0.5, 0.6) is 0 Å². The average molecular weight is 566 g/mol. The maximum Gasteiger partial charge on any atom is 0.362 e. The van der Waals surface area contributed by atoms with Crippen LogP contribution in [0.2, 0.25) is 0 Å². The molecule has 2 aromatic rings. The highest BCUT2D eigenvalue weighted by atomic mass is 19.2. The second kappa shape index (κ2) is 13.0. The molecule has 0 saturated heterocycles. The lowest BCUT2D eigenvalue weighted by Gasteiger charge is -2.42. The number of hydrogen-bond acceptors (Lipinski definition) is 6. The van der Waals surface area contributed by atoms with Gasteiger partial charge in [0.1, 0.15) is 5.92 Å². The number of nitrogens with zero attached hydrogens (tertiary/aromatic N) is 4. The Hall–Kier alpha value is -4.17. The van der Waals surface area contributed by atoms with Gasteiger partial charge in [0.15, 0.2) is 11.6 Å². The Bertz CT molecular complexity index is 1340. The van der Waals surface area contributed by atoms with Gasteiger partial charge in [0.25, 0.3) is 0 Å². The molecule has 2 aromatic carbocycles. The molecule has 1 fully saturated rings. The number of halogens is 2. The minimum absolute atomic E-state index is 0.101. The van der Waals surface area contributed by atoms with Crippen molar-refractivity contribution in [3.05, 3.63) is 71.3 Å². The smallest absolute Gasteiger partial charge is 0.362 e.